The number of anilines is 1. The van der Waals surface area contributed by atoms with Crippen molar-refractivity contribution in [3.8, 4) is 11.6 Å². The summed E-state index contributed by atoms with van der Waals surface area (Å²) in [6.45, 7) is 0. The number of aromatic nitrogens is 1. The lowest BCUT2D eigenvalue weighted by Crippen LogP contribution is -1.90. The van der Waals surface area contributed by atoms with Gasteiger partial charge in [0.15, 0.2) is 0 Å². The van der Waals surface area contributed by atoms with E-state index >= 15 is 0 Å². The molecule has 1 N–H and O–H groups in total. The minimum Gasteiger partial charge on any atom is -0.438 e. The summed E-state index contributed by atoms with van der Waals surface area (Å²) in [6, 6.07) is 9.34. The van der Waals surface area contributed by atoms with Crippen LogP contribution in [0, 0.1) is 0 Å². The summed E-state index contributed by atoms with van der Waals surface area (Å²) in [5, 5.41) is 3.60. The first-order valence-corrected chi connectivity index (χ1v) is 6.13. The number of pyridine rings is 1. The minimum atomic E-state index is 0.492. The Bertz CT molecular complexity index is 516. The third-order valence-electron chi connectivity index (χ3n) is 2.13. The topological polar surface area (TPSA) is 34.1 Å². The molecule has 0 aliphatic carbocycles. The van der Waals surface area contributed by atoms with Crippen LogP contribution in [0.1, 0.15) is 0 Å². The average Bonchev–Trinajstić information content (AvgIpc) is 2.34. The summed E-state index contributed by atoms with van der Waals surface area (Å²) in [7, 11) is 1.87. The van der Waals surface area contributed by atoms with Gasteiger partial charge in [-0.3, -0.25) is 0 Å². The Morgan fingerprint density at radius 2 is 2.00 bits per heavy atom. The lowest BCUT2D eigenvalue weighted by Gasteiger charge is -2.07. The van der Waals surface area contributed by atoms with Crippen molar-refractivity contribution < 1.29 is 4.74 Å². The molecular weight excluding hydrogens is 304 g/mol. The predicted molar refractivity (Wildman–Crippen MR) is 73.0 cm³/mol. The number of hydrogen-bond acceptors (Lipinski definition) is 3. The summed E-state index contributed by atoms with van der Waals surface area (Å²) in [4.78, 5) is 4.10. The van der Waals surface area contributed by atoms with E-state index in [4.69, 9.17) is 16.3 Å². The van der Waals surface area contributed by atoms with Crippen LogP contribution in [0.2, 0.25) is 5.02 Å². The van der Waals surface area contributed by atoms with Crippen molar-refractivity contribution in [2.75, 3.05) is 12.4 Å². The zero-order valence-electron chi connectivity index (χ0n) is 9.08. The highest BCUT2D eigenvalue weighted by molar-refractivity contribution is 9.10. The minimum absolute atomic E-state index is 0.492. The van der Waals surface area contributed by atoms with Gasteiger partial charge in [-0.05, 0) is 46.3 Å². The largest absolute Gasteiger partial charge is 0.438 e. The van der Waals surface area contributed by atoms with Crippen LogP contribution in [0.25, 0.3) is 0 Å². The highest BCUT2D eigenvalue weighted by Crippen LogP contribution is 2.29. The number of nitrogens with one attached hydrogen (secondary N) is 1. The molecule has 3 nitrogen and oxygen atoms in total. The fraction of sp³-hybridized carbons (Fsp3) is 0.0833. The summed E-state index contributed by atoms with van der Waals surface area (Å²) < 4.78 is 6.34. The number of halogens is 2. The zero-order chi connectivity index (χ0) is 12.3. The van der Waals surface area contributed by atoms with Crippen LogP contribution in [0.15, 0.2) is 41.0 Å². The molecule has 0 aliphatic rings. The van der Waals surface area contributed by atoms with E-state index in [2.05, 4.69) is 26.2 Å². The molecule has 0 aliphatic heterocycles. The van der Waals surface area contributed by atoms with E-state index in [1.54, 1.807) is 12.3 Å². The Hall–Kier alpha value is -1.26. The van der Waals surface area contributed by atoms with Gasteiger partial charge in [0.05, 0.1) is 9.50 Å². The molecule has 1 heterocycles. The SMILES string of the molecule is CNc1ccc(Oc2ncc(Cl)cc2Br)cc1. The van der Waals surface area contributed by atoms with E-state index in [1.165, 1.54) is 0 Å². The number of benzene rings is 1. The summed E-state index contributed by atoms with van der Waals surface area (Å²) in [5.41, 5.74) is 1.03. The molecule has 0 amide bonds. The number of hydrogen-bond donors (Lipinski definition) is 1. The van der Waals surface area contributed by atoms with E-state index < -0.39 is 0 Å². The van der Waals surface area contributed by atoms with Gasteiger partial charge in [0, 0.05) is 18.9 Å². The molecule has 0 radical (unpaired) electrons. The fourth-order valence-electron chi connectivity index (χ4n) is 1.28. The second kappa shape index (κ2) is 5.38. The number of nitrogens with zero attached hydrogens (tertiary/aromatic N) is 1. The van der Waals surface area contributed by atoms with Crippen molar-refractivity contribution in [2.45, 2.75) is 0 Å². The van der Waals surface area contributed by atoms with Gasteiger partial charge in [-0.2, -0.15) is 0 Å². The molecule has 1 aromatic heterocycles. The first-order chi connectivity index (χ1) is 8.19. The Balaban J connectivity index is 2.19. The van der Waals surface area contributed by atoms with Crippen LogP contribution in [0.5, 0.6) is 11.6 Å². The van der Waals surface area contributed by atoms with Gasteiger partial charge in [0.2, 0.25) is 5.88 Å². The molecule has 2 aromatic rings. The maximum atomic E-state index is 5.80. The maximum Gasteiger partial charge on any atom is 0.233 e. The molecule has 5 heteroatoms. The molecular formula is C12H10BrClN2O. The van der Waals surface area contributed by atoms with E-state index in [1.807, 2.05) is 31.3 Å². The first kappa shape index (κ1) is 12.2. The third kappa shape index (κ3) is 3.11. The molecule has 0 atom stereocenters. The van der Waals surface area contributed by atoms with Crippen LogP contribution >= 0.6 is 27.5 Å². The van der Waals surface area contributed by atoms with Crippen LogP contribution < -0.4 is 10.1 Å². The Morgan fingerprint density at radius 3 is 2.59 bits per heavy atom. The molecule has 0 saturated carbocycles. The van der Waals surface area contributed by atoms with Gasteiger partial charge in [0.1, 0.15) is 5.75 Å². The summed E-state index contributed by atoms with van der Waals surface area (Å²) in [6.07, 6.45) is 1.55. The Labute approximate surface area is 113 Å². The van der Waals surface area contributed by atoms with E-state index in [-0.39, 0.29) is 0 Å². The van der Waals surface area contributed by atoms with Crippen LogP contribution in [0.3, 0.4) is 0 Å². The van der Waals surface area contributed by atoms with Gasteiger partial charge < -0.3 is 10.1 Å². The van der Waals surface area contributed by atoms with Crippen molar-refractivity contribution in [2.24, 2.45) is 0 Å². The standard InChI is InChI=1S/C12H10BrClN2O/c1-15-9-2-4-10(5-3-9)17-12-11(13)6-8(14)7-16-12/h2-7,15H,1H3. The van der Waals surface area contributed by atoms with Gasteiger partial charge in [-0.25, -0.2) is 4.98 Å². The number of rotatable bonds is 3. The lowest BCUT2D eigenvalue weighted by molar-refractivity contribution is 0.460. The van der Waals surface area contributed by atoms with Crippen molar-refractivity contribution in [1.82, 2.24) is 4.98 Å². The van der Waals surface area contributed by atoms with Gasteiger partial charge >= 0.3 is 0 Å². The second-order valence-electron chi connectivity index (χ2n) is 3.32. The fourth-order valence-corrected chi connectivity index (χ4v) is 2.00. The predicted octanol–water partition coefficient (Wildman–Crippen LogP) is 4.33. The quantitative estimate of drug-likeness (QED) is 0.915. The van der Waals surface area contributed by atoms with Crippen molar-refractivity contribution in [3.63, 3.8) is 0 Å². The van der Waals surface area contributed by atoms with Crippen molar-refractivity contribution in [1.29, 1.82) is 0 Å². The normalized spacial score (nSPS) is 10.1. The highest BCUT2D eigenvalue weighted by atomic mass is 79.9. The van der Waals surface area contributed by atoms with Crippen LogP contribution in [0.4, 0.5) is 5.69 Å². The lowest BCUT2D eigenvalue weighted by atomic mass is 10.3. The molecule has 1 aromatic carbocycles. The van der Waals surface area contributed by atoms with Crippen LogP contribution in [-0.2, 0) is 0 Å². The molecule has 17 heavy (non-hydrogen) atoms. The average molecular weight is 314 g/mol. The van der Waals surface area contributed by atoms with E-state index in [0.717, 1.165) is 15.9 Å². The molecule has 0 unspecified atom stereocenters. The Morgan fingerprint density at radius 1 is 1.29 bits per heavy atom. The first-order valence-electron chi connectivity index (χ1n) is 4.96. The van der Waals surface area contributed by atoms with Crippen molar-refractivity contribution in [3.05, 3.63) is 46.0 Å². The van der Waals surface area contributed by atoms with Gasteiger partial charge in [-0.1, -0.05) is 11.6 Å². The van der Waals surface area contributed by atoms with E-state index in [0.29, 0.717) is 10.9 Å². The van der Waals surface area contributed by atoms with Crippen molar-refractivity contribution >= 4 is 33.2 Å². The Kier molecular flexibility index (Phi) is 3.86. The molecule has 0 bridgehead atoms. The molecule has 0 fully saturated rings. The second-order valence-corrected chi connectivity index (χ2v) is 4.61. The maximum absolute atomic E-state index is 5.80. The molecule has 0 saturated heterocycles. The summed E-state index contributed by atoms with van der Waals surface area (Å²) >= 11 is 9.15. The molecule has 2 rings (SSSR count). The third-order valence-corrected chi connectivity index (χ3v) is 2.91. The highest BCUT2D eigenvalue weighted by Gasteiger charge is 2.05. The molecule has 88 valence electrons. The molecule has 0 spiro atoms. The smallest absolute Gasteiger partial charge is 0.233 e. The van der Waals surface area contributed by atoms with E-state index in [9.17, 15) is 0 Å². The number of ether oxygens (including phenoxy) is 1. The zero-order valence-corrected chi connectivity index (χ0v) is 11.4. The summed E-state index contributed by atoms with van der Waals surface area (Å²) in [5.74, 6) is 1.21. The van der Waals surface area contributed by atoms with Gasteiger partial charge in [0.25, 0.3) is 0 Å². The van der Waals surface area contributed by atoms with Gasteiger partial charge in [-0.15, -0.1) is 0 Å². The van der Waals surface area contributed by atoms with Crippen LogP contribution in [-0.4, -0.2) is 12.0 Å². The monoisotopic (exact) mass is 312 g/mol.